The lowest BCUT2D eigenvalue weighted by atomic mass is 10.1. The Hall–Kier alpha value is -0.940. The second-order valence-electron chi connectivity index (χ2n) is 3.30. The van der Waals surface area contributed by atoms with Crippen molar-refractivity contribution in [3.8, 4) is 0 Å². The molecule has 0 saturated carbocycles. The predicted molar refractivity (Wildman–Crippen MR) is 72.7 cm³/mol. The standard InChI is InChI=1S/C7H15NO.C3H8N2O.C2H6/c1-7(9)5-3-2-4-6-8;1-5-2-3(4)6;1-2/h2-6,8H2,1H3;5H,2H2,1H3,(H2,4,6);1-2H3. The number of hydrogen-bond donors (Lipinski definition) is 3. The number of hydrogen-bond acceptors (Lipinski definition) is 4. The van der Waals surface area contributed by atoms with Crippen LogP contribution in [-0.2, 0) is 9.59 Å². The molecule has 0 aromatic heterocycles. The van der Waals surface area contributed by atoms with Gasteiger partial charge in [-0.2, -0.15) is 0 Å². The van der Waals surface area contributed by atoms with Gasteiger partial charge in [-0.15, -0.1) is 0 Å². The van der Waals surface area contributed by atoms with Gasteiger partial charge < -0.3 is 21.6 Å². The number of carbonyl (C=O) groups is 2. The molecule has 17 heavy (non-hydrogen) atoms. The van der Waals surface area contributed by atoms with E-state index in [4.69, 9.17) is 11.5 Å². The van der Waals surface area contributed by atoms with Crippen molar-refractivity contribution in [2.45, 2.75) is 46.5 Å². The highest BCUT2D eigenvalue weighted by molar-refractivity contribution is 5.75. The molecular weight excluding hydrogens is 218 g/mol. The zero-order valence-electron chi connectivity index (χ0n) is 11.7. The zero-order valence-corrected chi connectivity index (χ0v) is 11.7. The van der Waals surface area contributed by atoms with Crippen LogP contribution in [0.5, 0.6) is 0 Å². The fourth-order valence-corrected chi connectivity index (χ4v) is 0.869. The molecule has 0 aliphatic heterocycles. The first-order chi connectivity index (χ1) is 8.04. The van der Waals surface area contributed by atoms with E-state index in [-0.39, 0.29) is 18.2 Å². The summed E-state index contributed by atoms with van der Waals surface area (Å²) in [5.74, 6) is -0.0375. The summed E-state index contributed by atoms with van der Waals surface area (Å²) >= 11 is 0. The number of primary amides is 1. The molecule has 5 N–H and O–H groups in total. The number of Topliss-reactive ketones (excluding diaryl/α,β-unsaturated/α-hetero) is 1. The summed E-state index contributed by atoms with van der Waals surface area (Å²) in [6.45, 7) is 6.64. The fourth-order valence-electron chi connectivity index (χ4n) is 0.869. The highest BCUT2D eigenvalue weighted by Crippen LogP contribution is 1.98. The summed E-state index contributed by atoms with van der Waals surface area (Å²) in [6.07, 6.45) is 3.87. The Morgan fingerprint density at radius 3 is 1.88 bits per heavy atom. The van der Waals surface area contributed by atoms with Crippen molar-refractivity contribution in [2.24, 2.45) is 11.5 Å². The number of ketones is 1. The first-order valence-electron chi connectivity index (χ1n) is 6.17. The number of likely N-dealkylation sites (N-methyl/N-ethyl adjacent to an activating group) is 1. The van der Waals surface area contributed by atoms with Gasteiger partial charge in [0.15, 0.2) is 0 Å². The van der Waals surface area contributed by atoms with Gasteiger partial charge in [-0.05, 0) is 33.4 Å². The molecule has 0 heterocycles. The Kier molecular flexibility index (Phi) is 25.7. The van der Waals surface area contributed by atoms with Gasteiger partial charge in [0.1, 0.15) is 5.78 Å². The predicted octanol–water partition coefficient (Wildman–Crippen LogP) is 0.812. The lowest BCUT2D eigenvalue weighted by molar-refractivity contribution is -0.117. The maximum atomic E-state index is 10.4. The summed E-state index contributed by atoms with van der Waals surface area (Å²) in [4.78, 5) is 20.1. The molecule has 0 atom stereocenters. The molecule has 5 nitrogen and oxygen atoms in total. The van der Waals surface area contributed by atoms with Crippen LogP contribution in [0.15, 0.2) is 0 Å². The van der Waals surface area contributed by atoms with E-state index >= 15 is 0 Å². The quantitative estimate of drug-likeness (QED) is 0.580. The average molecular weight is 247 g/mol. The van der Waals surface area contributed by atoms with Gasteiger partial charge in [0.05, 0.1) is 6.54 Å². The molecule has 104 valence electrons. The number of rotatable bonds is 7. The summed E-state index contributed by atoms with van der Waals surface area (Å²) in [5, 5.41) is 2.59. The number of amides is 1. The second kappa shape index (κ2) is 20.5. The van der Waals surface area contributed by atoms with Gasteiger partial charge in [0.2, 0.25) is 5.91 Å². The molecule has 0 radical (unpaired) electrons. The van der Waals surface area contributed by atoms with Crippen molar-refractivity contribution in [2.75, 3.05) is 20.1 Å². The summed E-state index contributed by atoms with van der Waals surface area (Å²) < 4.78 is 0. The molecule has 0 aromatic rings. The third-order valence-electron chi connectivity index (χ3n) is 1.58. The van der Waals surface area contributed by atoms with E-state index < -0.39 is 0 Å². The molecule has 1 amide bonds. The maximum Gasteiger partial charge on any atom is 0.231 e. The highest BCUT2D eigenvalue weighted by atomic mass is 16.1. The summed E-state index contributed by atoms with van der Waals surface area (Å²) in [7, 11) is 1.67. The van der Waals surface area contributed by atoms with E-state index in [1.54, 1.807) is 14.0 Å². The molecule has 0 spiro atoms. The fraction of sp³-hybridized carbons (Fsp3) is 0.833. The molecule has 0 fully saturated rings. The number of unbranched alkanes of at least 4 members (excludes halogenated alkanes) is 2. The molecule has 0 rings (SSSR count). The van der Waals surface area contributed by atoms with Crippen LogP contribution in [0.1, 0.15) is 46.5 Å². The molecule has 0 aliphatic carbocycles. The number of nitrogens with one attached hydrogen (secondary N) is 1. The minimum absolute atomic E-state index is 0.264. The van der Waals surface area contributed by atoms with E-state index in [0.717, 1.165) is 32.2 Å². The normalized spacial score (nSPS) is 8.29. The Morgan fingerprint density at radius 1 is 1.12 bits per heavy atom. The summed E-state index contributed by atoms with van der Waals surface area (Å²) in [6, 6.07) is 0. The smallest absolute Gasteiger partial charge is 0.231 e. The van der Waals surface area contributed by atoms with Crippen molar-refractivity contribution < 1.29 is 9.59 Å². The monoisotopic (exact) mass is 247 g/mol. The lowest BCUT2D eigenvalue weighted by Crippen LogP contribution is -2.25. The van der Waals surface area contributed by atoms with Crippen LogP contribution in [0.4, 0.5) is 0 Å². The van der Waals surface area contributed by atoms with Crippen molar-refractivity contribution in [1.82, 2.24) is 5.32 Å². The molecule has 0 saturated heterocycles. The van der Waals surface area contributed by atoms with E-state index in [9.17, 15) is 9.59 Å². The Morgan fingerprint density at radius 2 is 1.65 bits per heavy atom. The van der Waals surface area contributed by atoms with E-state index in [1.807, 2.05) is 13.8 Å². The van der Waals surface area contributed by atoms with Gasteiger partial charge in [0, 0.05) is 6.42 Å². The first-order valence-corrected chi connectivity index (χ1v) is 6.17. The highest BCUT2D eigenvalue weighted by Gasteiger charge is 1.91. The van der Waals surface area contributed by atoms with Gasteiger partial charge >= 0.3 is 0 Å². The van der Waals surface area contributed by atoms with E-state index in [2.05, 4.69) is 5.32 Å². The topological polar surface area (TPSA) is 98.2 Å². The van der Waals surface area contributed by atoms with Crippen LogP contribution in [0.25, 0.3) is 0 Å². The van der Waals surface area contributed by atoms with Gasteiger partial charge in [-0.1, -0.05) is 20.3 Å². The molecule has 0 bridgehead atoms. The molecule has 0 aromatic carbocycles. The zero-order chi connectivity index (χ0) is 14.1. The third-order valence-corrected chi connectivity index (χ3v) is 1.58. The Balaban J connectivity index is -0.000000213. The molecule has 5 heteroatoms. The minimum Gasteiger partial charge on any atom is -0.369 e. The van der Waals surface area contributed by atoms with Crippen molar-refractivity contribution in [1.29, 1.82) is 0 Å². The third kappa shape index (κ3) is 39.5. The maximum absolute atomic E-state index is 10.4. The molecule has 0 unspecified atom stereocenters. The van der Waals surface area contributed by atoms with E-state index in [1.165, 1.54) is 0 Å². The Labute approximate surface area is 105 Å². The van der Waals surface area contributed by atoms with Crippen LogP contribution in [0.2, 0.25) is 0 Å². The van der Waals surface area contributed by atoms with Gasteiger partial charge in [-0.3, -0.25) is 4.79 Å². The van der Waals surface area contributed by atoms with Crippen LogP contribution in [0, 0.1) is 0 Å². The second-order valence-corrected chi connectivity index (χ2v) is 3.30. The largest absolute Gasteiger partial charge is 0.369 e. The minimum atomic E-state index is -0.322. The van der Waals surface area contributed by atoms with Gasteiger partial charge in [0.25, 0.3) is 0 Å². The van der Waals surface area contributed by atoms with E-state index in [0.29, 0.717) is 0 Å². The molecular formula is C12H29N3O2. The van der Waals surface area contributed by atoms with Crippen molar-refractivity contribution >= 4 is 11.7 Å². The Bertz CT molecular complexity index is 173. The van der Waals surface area contributed by atoms with Crippen LogP contribution >= 0.6 is 0 Å². The number of nitrogens with two attached hydrogens (primary N) is 2. The van der Waals surface area contributed by atoms with Gasteiger partial charge in [-0.25, -0.2) is 0 Å². The lowest BCUT2D eigenvalue weighted by Gasteiger charge is -1.93. The molecule has 0 aliphatic rings. The summed E-state index contributed by atoms with van der Waals surface area (Å²) in [5.41, 5.74) is 9.96. The SMILES string of the molecule is CC.CC(=O)CCCCCN.CNCC(N)=O. The van der Waals surface area contributed by atoms with Crippen molar-refractivity contribution in [3.05, 3.63) is 0 Å². The van der Waals surface area contributed by atoms with Crippen LogP contribution in [0.3, 0.4) is 0 Å². The van der Waals surface area contributed by atoms with Crippen LogP contribution in [-0.4, -0.2) is 31.8 Å². The van der Waals surface area contributed by atoms with Crippen LogP contribution < -0.4 is 16.8 Å². The number of carbonyl (C=O) groups excluding carboxylic acids is 2. The first kappa shape index (κ1) is 21.4. The average Bonchev–Trinajstić information content (AvgIpc) is 2.28. The van der Waals surface area contributed by atoms with Crippen molar-refractivity contribution in [3.63, 3.8) is 0 Å².